The molecular formula is C18H14BrNO5S. The van der Waals surface area contributed by atoms with Gasteiger partial charge in [-0.05, 0) is 48.5 Å². The molecule has 0 radical (unpaired) electrons. The molecule has 0 N–H and O–H groups in total. The first-order valence-electron chi connectivity index (χ1n) is 7.83. The zero-order chi connectivity index (χ0) is 18.3. The maximum Gasteiger partial charge on any atom is 0.258 e. The van der Waals surface area contributed by atoms with Crippen LogP contribution < -0.4 is 14.4 Å². The van der Waals surface area contributed by atoms with Crippen LogP contribution in [0.4, 0.5) is 5.69 Å². The van der Waals surface area contributed by atoms with Crippen LogP contribution in [-0.4, -0.2) is 32.9 Å². The molecule has 2 aliphatic heterocycles. The molecule has 0 saturated heterocycles. The van der Waals surface area contributed by atoms with Gasteiger partial charge in [0.05, 0.1) is 11.8 Å². The number of amides is 1. The topological polar surface area (TPSA) is 72.9 Å². The summed E-state index contributed by atoms with van der Waals surface area (Å²) in [6, 6.07) is 11.5. The van der Waals surface area contributed by atoms with Crippen molar-refractivity contribution in [1.29, 1.82) is 0 Å². The van der Waals surface area contributed by atoms with Crippen molar-refractivity contribution in [2.75, 3.05) is 17.4 Å². The fraction of sp³-hybridized carbons (Fsp3) is 0.167. The Balaban J connectivity index is 1.74. The summed E-state index contributed by atoms with van der Waals surface area (Å²) in [7, 11) is -3.31. The Bertz CT molecular complexity index is 1000. The summed E-state index contributed by atoms with van der Waals surface area (Å²) in [5.41, 5.74) is 1.01. The zero-order valence-electron chi connectivity index (χ0n) is 13.5. The lowest BCUT2D eigenvalue weighted by atomic mass is 10.1. The van der Waals surface area contributed by atoms with Gasteiger partial charge in [0.2, 0.25) is 6.79 Å². The minimum absolute atomic E-state index is 0.118. The quantitative estimate of drug-likeness (QED) is 0.740. The summed E-state index contributed by atoms with van der Waals surface area (Å²) in [6.45, 7) is 0.118. The van der Waals surface area contributed by atoms with Gasteiger partial charge in [0.25, 0.3) is 5.91 Å². The molecular weight excluding hydrogens is 422 g/mol. The Hall–Kier alpha value is -2.32. The van der Waals surface area contributed by atoms with Gasteiger partial charge >= 0.3 is 0 Å². The molecule has 0 saturated carbocycles. The first-order valence-corrected chi connectivity index (χ1v) is 10.3. The normalized spacial score (nSPS) is 19.5. The van der Waals surface area contributed by atoms with E-state index in [-0.39, 0.29) is 18.5 Å². The SMILES string of the molecule is O=C(c1ccc2c(c1)OCO2)N(c1ccc(Br)cc1)[C@@H]1C=CS(=O)(=O)C1. The number of sulfone groups is 1. The van der Waals surface area contributed by atoms with Gasteiger partial charge in [0, 0.05) is 21.1 Å². The van der Waals surface area contributed by atoms with Crippen molar-refractivity contribution in [2.24, 2.45) is 0 Å². The molecule has 0 aromatic heterocycles. The lowest BCUT2D eigenvalue weighted by molar-refractivity contribution is 0.0982. The Morgan fingerprint density at radius 1 is 1.08 bits per heavy atom. The van der Waals surface area contributed by atoms with Crippen molar-refractivity contribution in [2.45, 2.75) is 6.04 Å². The third-order valence-electron chi connectivity index (χ3n) is 4.19. The van der Waals surface area contributed by atoms with Gasteiger partial charge in [-0.25, -0.2) is 8.42 Å². The number of nitrogens with zero attached hydrogens (tertiary/aromatic N) is 1. The number of halogens is 1. The van der Waals surface area contributed by atoms with Crippen LogP contribution >= 0.6 is 15.9 Å². The molecule has 4 rings (SSSR count). The van der Waals surface area contributed by atoms with Gasteiger partial charge in [0.15, 0.2) is 21.3 Å². The van der Waals surface area contributed by atoms with E-state index in [2.05, 4.69) is 15.9 Å². The average molecular weight is 436 g/mol. The molecule has 2 aliphatic rings. The van der Waals surface area contributed by atoms with Gasteiger partial charge in [0.1, 0.15) is 0 Å². The summed E-state index contributed by atoms with van der Waals surface area (Å²) >= 11 is 3.37. The minimum atomic E-state index is -3.31. The van der Waals surface area contributed by atoms with E-state index in [9.17, 15) is 13.2 Å². The number of ether oxygens (including phenoxy) is 2. The smallest absolute Gasteiger partial charge is 0.258 e. The number of fused-ring (bicyclic) bond motifs is 1. The number of hydrogen-bond donors (Lipinski definition) is 0. The highest BCUT2D eigenvalue weighted by atomic mass is 79.9. The van der Waals surface area contributed by atoms with Crippen LogP contribution in [0.15, 0.2) is 58.4 Å². The monoisotopic (exact) mass is 435 g/mol. The summed E-state index contributed by atoms with van der Waals surface area (Å²) in [5.74, 6) is 0.637. The summed E-state index contributed by atoms with van der Waals surface area (Å²) < 4.78 is 35.2. The van der Waals surface area contributed by atoms with Gasteiger partial charge < -0.3 is 14.4 Å². The molecule has 26 heavy (non-hydrogen) atoms. The fourth-order valence-electron chi connectivity index (χ4n) is 2.95. The van der Waals surface area contributed by atoms with E-state index >= 15 is 0 Å². The van der Waals surface area contributed by atoms with Crippen molar-refractivity contribution in [3.8, 4) is 11.5 Å². The number of anilines is 1. The lowest BCUT2D eigenvalue weighted by Crippen LogP contribution is -2.41. The first-order chi connectivity index (χ1) is 12.4. The molecule has 1 amide bonds. The molecule has 6 nitrogen and oxygen atoms in total. The minimum Gasteiger partial charge on any atom is -0.454 e. The van der Waals surface area contributed by atoms with Crippen LogP contribution in [0.5, 0.6) is 11.5 Å². The number of hydrogen-bond acceptors (Lipinski definition) is 5. The van der Waals surface area contributed by atoms with Crippen LogP contribution in [0.1, 0.15) is 10.4 Å². The van der Waals surface area contributed by atoms with E-state index < -0.39 is 15.9 Å². The Kier molecular flexibility index (Phi) is 4.24. The molecule has 2 aromatic carbocycles. The summed E-state index contributed by atoms with van der Waals surface area (Å²) in [6.07, 6.45) is 1.54. The van der Waals surface area contributed by atoms with E-state index in [1.54, 1.807) is 36.4 Å². The molecule has 0 fully saturated rings. The molecule has 8 heteroatoms. The summed E-state index contributed by atoms with van der Waals surface area (Å²) in [5, 5.41) is 1.16. The van der Waals surface area contributed by atoms with Crippen LogP contribution in [0.2, 0.25) is 0 Å². The van der Waals surface area contributed by atoms with Gasteiger partial charge in [-0.3, -0.25) is 4.79 Å². The predicted octanol–water partition coefficient (Wildman–Crippen LogP) is 3.14. The maximum absolute atomic E-state index is 13.2. The van der Waals surface area contributed by atoms with Gasteiger partial charge in [-0.2, -0.15) is 0 Å². The second-order valence-electron chi connectivity index (χ2n) is 5.95. The van der Waals surface area contributed by atoms with Crippen molar-refractivity contribution >= 4 is 37.4 Å². The van der Waals surface area contributed by atoms with Gasteiger partial charge in [-0.15, -0.1) is 0 Å². The number of rotatable bonds is 3. The lowest BCUT2D eigenvalue weighted by Gasteiger charge is -2.28. The molecule has 1 atom stereocenters. The fourth-order valence-corrected chi connectivity index (χ4v) is 4.48. The molecule has 0 unspecified atom stereocenters. The van der Waals surface area contributed by atoms with E-state index in [1.165, 1.54) is 4.90 Å². The van der Waals surface area contributed by atoms with E-state index in [0.717, 1.165) is 9.88 Å². The third kappa shape index (κ3) is 3.22. The number of benzene rings is 2. The highest BCUT2D eigenvalue weighted by Crippen LogP contribution is 2.34. The largest absolute Gasteiger partial charge is 0.454 e. The van der Waals surface area contributed by atoms with Gasteiger partial charge in [-0.1, -0.05) is 15.9 Å². The highest BCUT2D eigenvalue weighted by molar-refractivity contribution is 9.10. The molecule has 2 aromatic rings. The van der Waals surface area contributed by atoms with Crippen molar-refractivity contribution < 1.29 is 22.7 Å². The Labute approximate surface area is 159 Å². The highest BCUT2D eigenvalue weighted by Gasteiger charge is 2.32. The molecule has 0 bridgehead atoms. The second kappa shape index (κ2) is 6.44. The standard InChI is InChI=1S/C18H14BrNO5S/c19-13-2-4-14(5-3-13)20(15-7-8-26(22,23)10-15)18(21)12-1-6-16-17(9-12)25-11-24-16/h1-9,15H,10-11H2/t15-/m1/s1. The summed E-state index contributed by atoms with van der Waals surface area (Å²) in [4.78, 5) is 14.7. The number of carbonyl (C=O) groups excluding carboxylic acids is 1. The Morgan fingerprint density at radius 2 is 1.81 bits per heavy atom. The zero-order valence-corrected chi connectivity index (χ0v) is 15.9. The molecule has 2 heterocycles. The second-order valence-corrected chi connectivity index (χ2v) is 8.79. The molecule has 0 spiro atoms. The predicted molar refractivity (Wildman–Crippen MR) is 100 cm³/mol. The van der Waals surface area contributed by atoms with Crippen LogP contribution in [0.3, 0.4) is 0 Å². The van der Waals surface area contributed by atoms with Crippen LogP contribution in [-0.2, 0) is 9.84 Å². The third-order valence-corrected chi connectivity index (χ3v) is 6.09. The van der Waals surface area contributed by atoms with E-state index in [0.29, 0.717) is 22.7 Å². The van der Waals surface area contributed by atoms with Crippen LogP contribution in [0, 0.1) is 0 Å². The van der Waals surface area contributed by atoms with E-state index in [4.69, 9.17) is 9.47 Å². The maximum atomic E-state index is 13.2. The first kappa shape index (κ1) is 17.1. The van der Waals surface area contributed by atoms with Crippen molar-refractivity contribution in [3.63, 3.8) is 0 Å². The molecule has 0 aliphatic carbocycles. The van der Waals surface area contributed by atoms with Crippen molar-refractivity contribution in [3.05, 3.63) is 64.0 Å². The molecule has 134 valence electrons. The Morgan fingerprint density at radius 3 is 2.50 bits per heavy atom. The average Bonchev–Trinajstić information content (AvgIpc) is 3.22. The van der Waals surface area contributed by atoms with Crippen molar-refractivity contribution in [1.82, 2.24) is 0 Å². The van der Waals surface area contributed by atoms with E-state index in [1.807, 2.05) is 12.1 Å². The van der Waals surface area contributed by atoms with Crippen LogP contribution in [0.25, 0.3) is 0 Å². The number of carbonyl (C=O) groups is 1.